The van der Waals surface area contributed by atoms with E-state index in [4.69, 9.17) is 14.6 Å². The van der Waals surface area contributed by atoms with Crippen LogP contribution in [0.25, 0.3) is 0 Å². The lowest BCUT2D eigenvalue weighted by molar-refractivity contribution is 0.0682. The summed E-state index contributed by atoms with van der Waals surface area (Å²) < 4.78 is 10.6. The van der Waals surface area contributed by atoms with Crippen LogP contribution in [0.15, 0.2) is 18.3 Å². The number of aromatic carboxylic acids is 1. The van der Waals surface area contributed by atoms with Crippen LogP contribution in [0.3, 0.4) is 0 Å². The number of hydrogen-bond acceptors (Lipinski definition) is 4. The Hall–Kier alpha value is -1.62. The lowest BCUT2D eigenvalue weighted by Crippen LogP contribution is -2.11. The first-order valence-electron chi connectivity index (χ1n) is 5.64. The Morgan fingerprint density at radius 3 is 2.94 bits per heavy atom. The largest absolute Gasteiger partial charge is 0.477 e. The van der Waals surface area contributed by atoms with Crippen molar-refractivity contribution in [1.29, 1.82) is 0 Å². The molecule has 1 aromatic rings. The topological polar surface area (TPSA) is 68.7 Å². The summed E-state index contributed by atoms with van der Waals surface area (Å²) in [5, 5.41) is 8.89. The van der Waals surface area contributed by atoms with Gasteiger partial charge in [-0.2, -0.15) is 0 Å². The monoisotopic (exact) mass is 239 g/mol. The zero-order valence-electron chi connectivity index (χ0n) is 9.89. The highest BCUT2D eigenvalue weighted by Crippen LogP contribution is 2.13. The fourth-order valence-corrected chi connectivity index (χ4v) is 1.21. The van der Waals surface area contributed by atoms with Gasteiger partial charge in [-0.05, 0) is 18.6 Å². The highest BCUT2D eigenvalue weighted by molar-refractivity contribution is 5.90. The van der Waals surface area contributed by atoms with Gasteiger partial charge in [0.15, 0.2) is 0 Å². The Labute approximate surface area is 100 Å². The number of hydrogen-bond donors (Lipinski definition) is 1. The molecular weight excluding hydrogens is 222 g/mol. The summed E-state index contributed by atoms with van der Waals surface area (Å²) in [6.45, 7) is 3.54. The van der Waals surface area contributed by atoms with Crippen LogP contribution < -0.4 is 4.74 Å². The van der Waals surface area contributed by atoms with Crippen molar-refractivity contribution in [3.63, 3.8) is 0 Å². The quantitative estimate of drug-likeness (QED) is 0.702. The maximum Gasteiger partial charge on any atom is 0.341 e. The molecule has 0 bridgehead atoms. The van der Waals surface area contributed by atoms with Gasteiger partial charge in [-0.25, -0.2) is 9.78 Å². The Morgan fingerprint density at radius 1 is 1.41 bits per heavy atom. The van der Waals surface area contributed by atoms with E-state index in [0.29, 0.717) is 19.8 Å². The van der Waals surface area contributed by atoms with E-state index in [2.05, 4.69) is 11.9 Å². The Morgan fingerprint density at radius 2 is 2.24 bits per heavy atom. The van der Waals surface area contributed by atoms with Crippen LogP contribution in [0.4, 0.5) is 0 Å². The molecule has 0 aliphatic heterocycles. The van der Waals surface area contributed by atoms with Gasteiger partial charge in [0.1, 0.15) is 12.2 Å². The highest BCUT2D eigenvalue weighted by atomic mass is 16.5. The second-order valence-corrected chi connectivity index (χ2v) is 3.48. The lowest BCUT2D eigenvalue weighted by Gasteiger charge is -2.07. The second kappa shape index (κ2) is 7.62. The Kier molecular flexibility index (Phi) is 6.03. The first-order valence-corrected chi connectivity index (χ1v) is 5.64. The molecule has 0 saturated heterocycles. The molecule has 0 aliphatic carbocycles. The van der Waals surface area contributed by atoms with E-state index in [1.165, 1.54) is 12.3 Å². The number of carbonyl (C=O) groups is 1. The maximum atomic E-state index is 10.8. The summed E-state index contributed by atoms with van der Waals surface area (Å²) in [5.74, 6) is -0.904. The number of carboxylic acids is 1. The summed E-state index contributed by atoms with van der Waals surface area (Å²) in [6.07, 6.45) is 3.61. The van der Waals surface area contributed by atoms with Crippen molar-refractivity contribution in [2.24, 2.45) is 0 Å². The van der Waals surface area contributed by atoms with Crippen LogP contribution in [-0.4, -0.2) is 35.9 Å². The average molecular weight is 239 g/mol. The molecule has 17 heavy (non-hydrogen) atoms. The van der Waals surface area contributed by atoms with E-state index in [9.17, 15) is 4.79 Å². The summed E-state index contributed by atoms with van der Waals surface area (Å²) in [5.41, 5.74) is 0.0704. The van der Waals surface area contributed by atoms with Crippen LogP contribution in [0.1, 0.15) is 30.1 Å². The van der Waals surface area contributed by atoms with Crippen molar-refractivity contribution < 1.29 is 19.4 Å². The lowest BCUT2D eigenvalue weighted by atomic mass is 10.3. The smallest absolute Gasteiger partial charge is 0.341 e. The fourth-order valence-electron chi connectivity index (χ4n) is 1.21. The van der Waals surface area contributed by atoms with Gasteiger partial charge in [-0.15, -0.1) is 0 Å². The third-order valence-corrected chi connectivity index (χ3v) is 2.11. The average Bonchev–Trinajstić information content (AvgIpc) is 2.34. The van der Waals surface area contributed by atoms with Gasteiger partial charge in [-0.3, -0.25) is 0 Å². The molecule has 94 valence electrons. The predicted octanol–water partition coefficient (Wildman–Crippen LogP) is 1.98. The molecule has 0 aromatic carbocycles. The Balaban J connectivity index is 2.34. The second-order valence-electron chi connectivity index (χ2n) is 3.48. The molecule has 1 heterocycles. The third kappa shape index (κ3) is 4.82. The van der Waals surface area contributed by atoms with Crippen molar-refractivity contribution in [3.05, 3.63) is 23.9 Å². The molecule has 0 radical (unpaired) electrons. The van der Waals surface area contributed by atoms with Gasteiger partial charge >= 0.3 is 5.97 Å². The van der Waals surface area contributed by atoms with Crippen LogP contribution in [0.5, 0.6) is 5.88 Å². The van der Waals surface area contributed by atoms with E-state index in [1.807, 2.05) is 0 Å². The normalized spacial score (nSPS) is 10.2. The van der Waals surface area contributed by atoms with E-state index >= 15 is 0 Å². The number of ether oxygens (including phenoxy) is 2. The third-order valence-electron chi connectivity index (χ3n) is 2.11. The minimum absolute atomic E-state index is 0.0704. The van der Waals surface area contributed by atoms with Gasteiger partial charge < -0.3 is 14.6 Å². The molecule has 0 saturated carbocycles. The van der Waals surface area contributed by atoms with Crippen molar-refractivity contribution in [2.75, 3.05) is 19.8 Å². The molecule has 5 heteroatoms. The van der Waals surface area contributed by atoms with Gasteiger partial charge in [-0.1, -0.05) is 13.3 Å². The zero-order chi connectivity index (χ0) is 12.5. The fraction of sp³-hybridized carbons (Fsp3) is 0.500. The molecule has 1 aromatic heterocycles. The molecule has 0 spiro atoms. The minimum Gasteiger partial charge on any atom is -0.477 e. The van der Waals surface area contributed by atoms with E-state index in [0.717, 1.165) is 12.8 Å². The first kappa shape index (κ1) is 13.4. The zero-order valence-corrected chi connectivity index (χ0v) is 9.89. The molecular formula is C12H17NO4. The first-order chi connectivity index (χ1) is 8.25. The molecule has 0 amide bonds. The standard InChI is InChI=1S/C12H17NO4/c1-2-3-7-16-8-9-17-11-10(12(14)15)5-4-6-13-11/h4-6H,2-3,7-9H2,1H3,(H,14,15). The molecule has 0 aliphatic rings. The summed E-state index contributed by atoms with van der Waals surface area (Å²) in [7, 11) is 0. The van der Waals surface area contributed by atoms with Gasteiger partial charge in [0.05, 0.1) is 6.61 Å². The summed E-state index contributed by atoms with van der Waals surface area (Å²) >= 11 is 0. The number of aromatic nitrogens is 1. The van der Waals surface area contributed by atoms with Gasteiger partial charge in [0, 0.05) is 12.8 Å². The summed E-state index contributed by atoms with van der Waals surface area (Å²) in [4.78, 5) is 14.7. The maximum absolute atomic E-state index is 10.8. The van der Waals surface area contributed by atoms with Crippen LogP contribution in [-0.2, 0) is 4.74 Å². The van der Waals surface area contributed by atoms with E-state index in [-0.39, 0.29) is 11.4 Å². The SMILES string of the molecule is CCCCOCCOc1ncccc1C(=O)O. The summed E-state index contributed by atoms with van der Waals surface area (Å²) in [6, 6.07) is 3.02. The molecule has 0 atom stereocenters. The van der Waals surface area contributed by atoms with Crippen LogP contribution in [0, 0.1) is 0 Å². The van der Waals surface area contributed by atoms with Crippen LogP contribution in [0.2, 0.25) is 0 Å². The van der Waals surface area contributed by atoms with E-state index in [1.54, 1.807) is 6.07 Å². The van der Waals surface area contributed by atoms with Crippen molar-refractivity contribution in [1.82, 2.24) is 4.98 Å². The minimum atomic E-state index is -1.04. The number of nitrogens with zero attached hydrogens (tertiary/aromatic N) is 1. The number of pyridine rings is 1. The van der Waals surface area contributed by atoms with Gasteiger partial charge in [0.2, 0.25) is 5.88 Å². The number of rotatable bonds is 8. The molecule has 5 nitrogen and oxygen atoms in total. The highest BCUT2D eigenvalue weighted by Gasteiger charge is 2.11. The van der Waals surface area contributed by atoms with Crippen molar-refractivity contribution in [3.8, 4) is 5.88 Å². The van der Waals surface area contributed by atoms with Crippen molar-refractivity contribution in [2.45, 2.75) is 19.8 Å². The predicted molar refractivity (Wildman–Crippen MR) is 62.4 cm³/mol. The van der Waals surface area contributed by atoms with Crippen LogP contribution >= 0.6 is 0 Å². The van der Waals surface area contributed by atoms with Crippen molar-refractivity contribution >= 4 is 5.97 Å². The van der Waals surface area contributed by atoms with E-state index < -0.39 is 5.97 Å². The molecule has 1 rings (SSSR count). The molecule has 0 fully saturated rings. The van der Waals surface area contributed by atoms with Gasteiger partial charge in [0.25, 0.3) is 0 Å². The number of carboxylic acid groups (broad SMARTS) is 1. The Bertz CT molecular complexity index is 354. The number of unbranched alkanes of at least 4 members (excludes halogenated alkanes) is 1. The molecule has 1 N–H and O–H groups in total. The molecule has 0 unspecified atom stereocenters.